The molecule has 158 valence electrons. The fourth-order valence-corrected chi connectivity index (χ4v) is 5.02. The molecule has 2 aliphatic rings. The third-order valence-electron chi connectivity index (χ3n) is 6.43. The number of nitrogens with one attached hydrogen (secondary N) is 1. The topological polar surface area (TPSA) is 110 Å². The molecule has 1 aromatic heterocycles. The molecule has 0 bridgehead atoms. The number of rotatable bonds is 4. The van der Waals surface area contributed by atoms with Crippen LogP contribution in [0.15, 0.2) is 30.6 Å². The second kappa shape index (κ2) is 7.75. The van der Waals surface area contributed by atoms with Crippen LogP contribution in [-0.2, 0) is 4.79 Å². The molecule has 2 heterocycles. The number of carbonyl (C=O) groups is 3. The van der Waals surface area contributed by atoms with Crippen molar-refractivity contribution in [3.05, 3.63) is 47.0 Å². The zero-order valence-corrected chi connectivity index (χ0v) is 17.5. The van der Waals surface area contributed by atoms with Gasteiger partial charge in [-0.2, -0.15) is 0 Å². The number of primary amides is 1. The Balaban J connectivity index is 1.53. The molecule has 1 aliphatic carbocycles. The average Bonchev–Trinajstić information content (AvgIpc) is 3.32. The molecule has 1 spiro atoms. The van der Waals surface area contributed by atoms with Crippen LogP contribution in [0.25, 0.3) is 0 Å². The summed E-state index contributed by atoms with van der Waals surface area (Å²) in [7, 11) is 1.48. The molecule has 30 heavy (non-hydrogen) atoms. The summed E-state index contributed by atoms with van der Waals surface area (Å²) in [6.07, 6.45) is 5.07. The SMILES string of the molecule is CNC(=O)c1ncn(C2CCC3(CC2)CCN(c2ccccc2Cl)C3=O)c1C(N)=O. The first-order valence-corrected chi connectivity index (χ1v) is 10.4. The molecule has 4 rings (SSSR count). The van der Waals surface area contributed by atoms with E-state index in [1.54, 1.807) is 15.5 Å². The van der Waals surface area contributed by atoms with E-state index in [9.17, 15) is 14.4 Å². The van der Waals surface area contributed by atoms with Gasteiger partial charge in [-0.15, -0.1) is 0 Å². The predicted octanol–water partition coefficient (Wildman–Crippen LogP) is 2.53. The number of benzene rings is 1. The first kappa shape index (κ1) is 20.4. The van der Waals surface area contributed by atoms with Crippen molar-refractivity contribution in [1.29, 1.82) is 0 Å². The smallest absolute Gasteiger partial charge is 0.272 e. The van der Waals surface area contributed by atoms with Gasteiger partial charge in [0.1, 0.15) is 5.69 Å². The summed E-state index contributed by atoms with van der Waals surface area (Å²) in [6.45, 7) is 0.645. The van der Waals surface area contributed by atoms with Crippen LogP contribution in [0.2, 0.25) is 5.02 Å². The van der Waals surface area contributed by atoms with Crippen molar-refractivity contribution in [2.45, 2.75) is 38.1 Å². The van der Waals surface area contributed by atoms with E-state index in [0.29, 0.717) is 37.3 Å². The molecule has 9 heteroatoms. The third-order valence-corrected chi connectivity index (χ3v) is 6.75. The maximum absolute atomic E-state index is 13.3. The predicted molar refractivity (Wildman–Crippen MR) is 112 cm³/mol. The van der Waals surface area contributed by atoms with Crippen LogP contribution in [0.4, 0.5) is 5.69 Å². The van der Waals surface area contributed by atoms with Crippen molar-refractivity contribution in [1.82, 2.24) is 14.9 Å². The van der Waals surface area contributed by atoms with Gasteiger partial charge in [0, 0.05) is 19.6 Å². The monoisotopic (exact) mass is 429 g/mol. The number of nitrogens with two attached hydrogens (primary N) is 1. The van der Waals surface area contributed by atoms with E-state index in [-0.39, 0.29) is 23.3 Å². The van der Waals surface area contributed by atoms with Gasteiger partial charge in [0.05, 0.1) is 22.5 Å². The number of amides is 3. The van der Waals surface area contributed by atoms with E-state index in [0.717, 1.165) is 12.1 Å². The summed E-state index contributed by atoms with van der Waals surface area (Å²) in [5, 5.41) is 3.05. The lowest BCUT2D eigenvalue weighted by Crippen LogP contribution is -2.38. The Kier molecular flexibility index (Phi) is 5.27. The fraction of sp³-hybridized carbons (Fsp3) is 0.429. The maximum Gasteiger partial charge on any atom is 0.272 e. The highest BCUT2D eigenvalue weighted by Gasteiger charge is 2.49. The minimum atomic E-state index is -0.687. The number of carbonyl (C=O) groups excluding carboxylic acids is 3. The summed E-state index contributed by atoms with van der Waals surface area (Å²) in [5.74, 6) is -1.02. The van der Waals surface area contributed by atoms with Gasteiger partial charge in [-0.05, 0) is 44.2 Å². The van der Waals surface area contributed by atoms with Crippen LogP contribution in [0.3, 0.4) is 0 Å². The molecule has 8 nitrogen and oxygen atoms in total. The summed E-state index contributed by atoms with van der Waals surface area (Å²) in [5.41, 5.74) is 6.03. The number of hydrogen-bond acceptors (Lipinski definition) is 4. The Morgan fingerprint density at radius 3 is 2.57 bits per heavy atom. The van der Waals surface area contributed by atoms with E-state index < -0.39 is 17.2 Å². The molecule has 1 saturated carbocycles. The first-order chi connectivity index (χ1) is 14.4. The molecule has 3 amide bonds. The van der Waals surface area contributed by atoms with Crippen LogP contribution in [0, 0.1) is 5.41 Å². The molecular weight excluding hydrogens is 406 g/mol. The number of hydrogen-bond donors (Lipinski definition) is 2. The summed E-state index contributed by atoms with van der Waals surface area (Å²) in [4.78, 5) is 43.2. The van der Waals surface area contributed by atoms with Crippen molar-refractivity contribution < 1.29 is 14.4 Å². The highest BCUT2D eigenvalue weighted by molar-refractivity contribution is 6.34. The highest BCUT2D eigenvalue weighted by Crippen LogP contribution is 2.49. The van der Waals surface area contributed by atoms with Crippen molar-refractivity contribution in [3.8, 4) is 0 Å². The maximum atomic E-state index is 13.3. The number of anilines is 1. The number of halogens is 1. The summed E-state index contributed by atoms with van der Waals surface area (Å²) < 4.78 is 1.70. The van der Waals surface area contributed by atoms with Crippen LogP contribution in [-0.4, -0.2) is 40.9 Å². The van der Waals surface area contributed by atoms with Gasteiger partial charge in [-0.3, -0.25) is 14.4 Å². The van der Waals surface area contributed by atoms with E-state index >= 15 is 0 Å². The second-order valence-electron chi connectivity index (χ2n) is 7.96. The van der Waals surface area contributed by atoms with Gasteiger partial charge >= 0.3 is 0 Å². The highest BCUT2D eigenvalue weighted by atomic mass is 35.5. The zero-order valence-electron chi connectivity index (χ0n) is 16.7. The van der Waals surface area contributed by atoms with Crippen LogP contribution in [0.5, 0.6) is 0 Å². The van der Waals surface area contributed by atoms with Crippen molar-refractivity contribution in [2.75, 3.05) is 18.5 Å². The van der Waals surface area contributed by atoms with Gasteiger partial charge in [0.2, 0.25) is 5.91 Å². The Hall–Kier alpha value is -2.87. The van der Waals surface area contributed by atoms with Crippen molar-refractivity contribution in [3.63, 3.8) is 0 Å². The third kappa shape index (κ3) is 3.25. The molecule has 0 atom stereocenters. The Bertz CT molecular complexity index is 1010. The number of para-hydroxylation sites is 1. The molecule has 1 aliphatic heterocycles. The molecule has 0 radical (unpaired) electrons. The minimum Gasteiger partial charge on any atom is -0.364 e. The molecule has 1 saturated heterocycles. The average molecular weight is 430 g/mol. The number of aromatic nitrogens is 2. The standard InChI is InChI=1S/C21H24ClN5O3/c1-24-19(29)16-17(18(23)28)27(12-25-16)13-6-8-21(9-7-13)10-11-26(20(21)30)15-5-3-2-4-14(15)22/h2-5,12-13H,6-11H2,1H3,(H2,23,28)(H,24,29). The lowest BCUT2D eigenvalue weighted by atomic mass is 9.71. The zero-order chi connectivity index (χ0) is 21.5. The van der Waals surface area contributed by atoms with Gasteiger partial charge in [-0.25, -0.2) is 4.98 Å². The van der Waals surface area contributed by atoms with Crippen molar-refractivity contribution in [2.24, 2.45) is 11.1 Å². The van der Waals surface area contributed by atoms with Gasteiger partial charge in [-0.1, -0.05) is 23.7 Å². The largest absolute Gasteiger partial charge is 0.364 e. The van der Waals surface area contributed by atoms with E-state index in [2.05, 4.69) is 10.3 Å². The Labute approximate surface area is 179 Å². The van der Waals surface area contributed by atoms with Crippen LogP contribution >= 0.6 is 11.6 Å². The Morgan fingerprint density at radius 2 is 1.93 bits per heavy atom. The number of nitrogens with zero attached hydrogens (tertiary/aromatic N) is 3. The minimum absolute atomic E-state index is 0.0344. The molecule has 2 fully saturated rings. The molecular formula is C21H24ClN5O3. The van der Waals surface area contributed by atoms with Crippen LogP contribution in [0.1, 0.15) is 59.1 Å². The van der Waals surface area contributed by atoms with Crippen LogP contribution < -0.4 is 16.0 Å². The molecule has 1 aromatic carbocycles. The van der Waals surface area contributed by atoms with Gasteiger partial charge in [0.15, 0.2) is 5.69 Å². The lowest BCUT2D eigenvalue weighted by Gasteiger charge is -2.36. The quantitative estimate of drug-likeness (QED) is 0.777. The van der Waals surface area contributed by atoms with Gasteiger partial charge in [0.25, 0.3) is 11.8 Å². The second-order valence-corrected chi connectivity index (χ2v) is 8.37. The van der Waals surface area contributed by atoms with E-state index in [1.807, 2.05) is 18.2 Å². The first-order valence-electron chi connectivity index (χ1n) is 10.0. The summed E-state index contributed by atoms with van der Waals surface area (Å²) in [6, 6.07) is 7.36. The van der Waals surface area contributed by atoms with E-state index in [1.165, 1.54) is 13.4 Å². The normalized spacial score (nSPS) is 23.7. The summed E-state index contributed by atoms with van der Waals surface area (Å²) >= 11 is 6.31. The number of imidazole rings is 1. The molecule has 0 unspecified atom stereocenters. The molecule has 2 aromatic rings. The molecule has 3 N–H and O–H groups in total. The fourth-order valence-electron chi connectivity index (χ4n) is 4.78. The Morgan fingerprint density at radius 1 is 1.23 bits per heavy atom. The van der Waals surface area contributed by atoms with Crippen molar-refractivity contribution >= 4 is 35.0 Å². The lowest BCUT2D eigenvalue weighted by molar-refractivity contribution is -0.127. The van der Waals surface area contributed by atoms with Gasteiger partial charge < -0.3 is 20.5 Å². The van der Waals surface area contributed by atoms with E-state index in [4.69, 9.17) is 17.3 Å².